The predicted molar refractivity (Wildman–Crippen MR) is 99.3 cm³/mol. The SMILES string of the molecule is OCCN1CCC[C@H](C2CN(c3nc4cccc(Br)c4s3)C2)C1. The number of halogens is 1. The topological polar surface area (TPSA) is 39.6 Å². The fourth-order valence-electron chi connectivity index (χ4n) is 3.83. The summed E-state index contributed by atoms with van der Waals surface area (Å²) in [4.78, 5) is 9.64. The number of aromatic nitrogens is 1. The highest BCUT2D eigenvalue weighted by Crippen LogP contribution is 2.39. The van der Waals surface area contributed by atoms with Gasteiger partial charge in [-0.25, -0.2) is 4.98 Å². The third-order valence-corrected chi connectivity index (χ3v) is 7.25. The van der Waals surface area contributed by atoms with Crippen LogP contribution in [-0.4, -0.2) is 54.3 Å². The molecule has 6 heteroatoms. The Morgan fingerprint density at radius 1 is 1.26 bits per heavy atom. The quantitative estimate of drug-likeness (QED) is 0.862. The van der Waals surface area contributed by atoms with Gasteiger partial charge < -0.3 is 14.9 Å². The first kappa shape index (κ1) is 15.8. The van der Waals surface area contributed by atoms with Crippen molar-refractivity contribution in [3.05, 3.63) is 22.7 Å². The molecule has 4 rings (SSSR count). The van der Waals surface area contributed by atoms with Crippen LogP contribution in [0.25, 0.3) is 10.2 Å². The number of hydrogen-bond acceptors (Lipinski definition) is 5. The summed E-state index contributed by atoms with van der Waals surface area (Å²) in [7, 11) is 0. The molecule has 0 unspecified atom stereocenters. The van der Waals surface area contributed by atoms with Gasteiger partial charge in [0.25, 0.3) is 0 Å². The summed E-state index contributed by atoms with van der Waals surface area (Å²) in [6.45, 7) is 5.69. The number of rotatable bonds is 4. The molecular weight excluding hydrogens is 374 g/mol. The molecule has 2 fully saturated rings. The summed E-state index contributed by atoms with van der Waals surface area (Å²) in [6.07, 6.45) is 2.61. The van der Waals surface area contributed by atoms with Crippen molar-refractivity contribution in [3.63, 3.8) is 0 Å². The van der Waals surface area contributed by atoms with Gasteiger partial charge in [0.2, 0.25) is 0 Å². The van der Waals surface area contributed by atoms with Gasteiger partial charge in [-0.3, -0.25) is 0 Å². The molecule has 0 aliphatic carbocycles. The Morgan fingerprint density at radius 3 is 2.91 bits per heavy atom. The zero-order valence-corrected chi connectivity index (χ0v) is 15.5. The fourth-order valence-corrected chi connectivity index (χ4v) is 5.41. The van der Waals surface area contributed by atoms with E-state index in [-0.39, 0.29) is 6.61 Å². The van der Waals surface area contributed by atoms with E-state index in [1.165, 1.54) is 17.5 Å². The zero-order chi connectivity index (χ0) is 15.8. The summed E-state index contributed by atoms with van der Waals surface area (Å²) in [5, 5.41) is 10.3. The maximum absolute atomic E-state index is 9.14. The molecule has 1 aromatic heterocycles. The van der Waals surface area contributed by atoms with E-state index >= 15 is 0 Å². The van der Waals surface area contributed by atoms with Gasteiger partial charge in [0.05, 0.1) is 16.8 Å². The molecule has 4 nitrogen and oxygen atoms in total. The van der Waals surface area contributed by atoms with Crippen LogP contribution in [0, 0.1) is 11.8 Å². The van der Waals surface area contributed by atoms with Crippen molar-refractivity contribution in [2.45, 2.75) is 12.8 Å². The smallest absolute Gasteiger partial charge is 0.186 e. The first-order chi connectivity index (χ1) is 11.2. The molecule has 2 aromatic rings. The number of nitrogens with zero attached hydrogens (tertiary/aromatic N) is 3. The van der Waals surface area contributed by atoms with Crippen molar-refractivity contribution < 1.29 is 5.11 Å². The van der Waals surface area contributed by atoms with E-state index in [9.17, 15) is 0 Å². The molecule has 0 radical (unpaired) electrons. The number of fused-ring (bicyclic) bond motifs is 1. The number of thiazole rings is 1. The number of aliphatic hydroxyl groups is 1. The van der Waals surface area contributed by atoms with Crippen molar-refractivity contribution in [3.8, 4) is 0 Å². The minimum Gasteiger partial charge on any atom is -0.395 e. The Balaban J connectivity index is 1.39. The minimum absolute atomic E-state index is 0.282. The normalized spacial score (nSPS) is 23.4. The lowest BCUT2D eigenvalue weighted by molar-refractivity contribution is 0.102. The molecule has 0 amide bonds. The van der Waals surface area contributed by atoms with Crippen LogP contribution in [0.5, 0.6) is 0 Å². The largest absolute Gasteiger partial charge is 0.395 e. The maximum atomic E-state index is 9.14. The highest BCUT2D eigenvalue weighted by Gasteiger charge is 2.36. The first-order valence-corrected chi connectivity index (χ1v) is 9.99. The molecular formula is C17H22BrN3OS. The Bertz CT molecular complexity index is 684. The van der Waals surface area contributed by atoms with E-state index < -0.39 is 0 Å². The molecule has 1 N–H and O–H groups in total. The zero-order valence-electron chi connectivity index (χ0n) is 13.1. The third kappa shape index (κ3) is 3.14. The van der Waals surface area contributed by atoms with Gasteiger partial charge in [-0.2, -0.15) is 0 Å². The highest BCUT2D eigenvalue weighted by atomic mass is 79.9. The second kappa shape index (κ2) is 6.67. The van der Waals surface area contributed by atoms with Crippen LogP contribution in [0.15, 0.2) is 22.7 Å². The van der Waals surface area contributed by atoms with Gasteiger partial charge in [-0.05, 0) is 59.3 Å². The van der Waals surface area contributed by atoms with Gasteiger partial charge in [0.1, 0.15) is 0 Å². The van der Waals surface area contributed by atoms with Crippen LogP contribution < -0.4 is 4.90 Å². The van der Waals surface area contributed by atoms with E-state index in [0.29, 0.717) is 0 Å². The number of aliphatic hydroxyl groups excluding tert-OH is 1. The summed E-state index contributed by atoms with van der Waals surface area (Å²) < 4.78 is 2.39. The van der Waals surface area contributed by atoms with E-state index in [0.717, 1.165) is 59.7 Å². The van der Waals surface area contributed by atoms with Crippen LogP contribution in [0.3, 0.4) is 0 Å². The van der Waals surface area contributed by atoms with Crippen LogP contribution in [-0.2, 0) is 0 Å². The van der Waals surface area contributed by atoms with Crippen molar-refractivity contribution in [1.29, 1.82) is 0 Å². The van der Waals surface area contributed by atoms with Crippen molar-refractivity contribution in [2.24, 2.45) is 11.8 Å². The van der Waals surface area contributed by atoms with Crippen LogP contribution in [0.4, 0.5) is 5.13 Å². The summed E-state index contributed by atoms with van der Waals surface area (Å²) in [5.41, 5.74) is 1.09. The number of piperidine rings is 1. The minimum atomic E-state index is 0.282. The molecule has 1 atom stereocenters. The van der Waals surface area contributed by atoms with Crippen LogP contribution in [0.1, 0.15) is 12.8 Å². The molecule has 3 heterocycles. The van der Waals surface area contributed by atoms with Crippen LogP contribution in [0.2, 0.25) is 0 Å². The van der Waals surface area contributed by atoms with E-state index in [2.05, 4.69) is 37.9 Å². The number of hydrogen-bond donors (Lipinski definition) is 1. The molecule has 0 bridgehead atoms. The van der Waals surface area contributed by atoms with Crippen molar-refractivity contribution in [2.75, 3.05) is 44.2 Å². The van der Waals surface area contributed by atoms with Crippen molar-refractivity contribution >= 4 is 42.6 Å². The number of likely N-dealkylation sites (tertiary alicyclic amines) is 1. The molecule has 0 spiro atoms. The Morgan fingerprint density at radius 2 is 2.13 bits per heavy atom. The van der Waals surface area contributed by atoms with E-state index in [1.54, 1.807) is 11.3 Å². The van der Waals surface area contributed by atoms with E-state index in [4.69, 9.17) is 10.1 Å². The number of anilines is 1. The predicted octanol–water partition coefficient (Wildman–Crippen LogP) is 3.20. The van der Waals surface area contributed by atoms with Gasteiger partial charge in [-0.15, -0.1) is 0 Å². The monoisotopic (exact) mass is 395 g/mol. The van der Waals surface area contributed by atoms with Gasteiger partial charge in [-0.1, -0.05) is 17.4 Å². The second-order valence-electron chi connectivity index (χ2n) is 6.68. The molecule has 2 aliphatic heterocycles. The lowest BCUT2D eigenvalue weighted by atomic mass is 9.81. The molecule has 2 saturated heterocycles. The molecule has 2 aliphatic rings. The third-order valence-electron chi connectivity index (χ3n) is 5.16. The van der Waals surface area contributed by atoms with Crippen molar-refractivity contribution in [1.82, 2.24) is 9.88 Å². The Hall–Kier alpha value is -0.690. The average molecular weight is 396 g/mol. The van der Waals surface area contributed by atoms with Gasteiger partial charge in [0.15, 0.2) is 5.13 Å². The second-order valence-corrected chi connectivity index (χ2v) is 8.51. The lowest BCUT2D eigenvalue weighted by Gasteiger charge is -2.46. The number of benzene rings is 1. The Labute approximate surface area is 149 Å². The van der Waals surface area contributed by atoms with Gasteiger partial charge in [0, 0.05) is 30.7 Å². The molecule has 23 heavy (non-hydrogen) atoms. The fraction of sp³-hybridized carbons (Fsp3) is 0.588. The van der Waals surface area contributed by atoms with Gasteiger partial charge >= 0.3 is 0 Å². The maximum Gasteiger partial charge on any atom is 0.186 e. The summed E-state index contributed by atoms with van der Waals surface area (Å²) in [5.74, 6) is 1.57. The first-order valence-electron chi connectivity index (χ1n) is 8.38. The van der Waals surface area contributed by atoms with E-state index in [1.807, 2.05) is 6.07 Å². The molecule has 0 saturated carbocycles. The summed E-state index contributed by atoms with van der Waals surface area (Å²) >= 11 is 5.41. The highest BCUT2D eigenvalue weighted by molar-refractivity contribution is 9.10. The average Bonchev–Trinajstić information content (AvgIpc) is 2.92. The summed E-state index contributed by atoms with van der Waals surface area (Å²) in [6, 6.07) is 6.22. The Kier molecular flexibility index (Phi) is 4.58. The lowest BCUT2D eigenvalue weighted by Crippen LogP contribution is -2.53. The standard InChI is InChI=1S/C17H22BrN3OS/c18-14-4-1-5-15-16(14)23-17(19-15)21-10-13(11-21)12-3-2-6-20(9-12)7-8-22/h1,4-5,12-13,22H,2-3,6-11H2/t12-/m0/s1. The molecule has 1 aromatic carbocycles. The van der Waals surface area contributed by atoms with Crippen LogP contribution >= 0.6 is 27.3 Å². The number of β-amino-alcohol motifs (C(OH)–C–C–N with tert-alkyl or cyclic N) is 1. The molecule has 124 valence electrons.